The topological polar surface area (TPSA) is 167 Å². The van der Waals surface area contributed by atoms with Crippen LogP contribution in [-0.2, 0) is 9.53 Å². The van der Waals surface area contributed by atoms with E-state index in [2.05, 4.69) is 25.8 Å². The zero-order valence-electron chi connectivity index (χ0n) is 17.5. The van der Waals surface area contributed by atoms with Gasteiger partial charge in [0, 0.05) is 5.92 Å². The second kappa shape index (κ2) is 9.09. The number of aromatic nitrogens is 3. The highest BCUT2D eigenvalue weighted by Gasteiger charge is 2.29. The molecule has 2 amide bonds. The van der Waals surface area contributed by atoms with Gasteiger partial charge in [-0.2, -0.15) is 4.98 Å². The molecule has 0 unspecified atom stereocenters. The van der Waals surface area contributed by atoms with Crippen LogP contribution in [0.4, 0.5) is 10.7 Å². The number of aromatic amines is 1. The second-order valence-electron chi connectivity index (χ2n) is 7.49. The Labute approximate surface area is 187 Å². The van der Waals surface area contributed by atoms with Gasteiger partial charge in [-0.3, -0.25) is 15.2 Å². The number of benzene rings is 2. The summed E-state index contributed by atoms with van der Waals surface area (Å²) in [5.74, 6) is -2.99. The Morgan fingerprint density at radius 1 is 1.09 bits per heavy atom. The van der Waals surface area contributed by atoms with E-state index in [1.807, 2.05) is 48.5 Å². The van der Waals surface area contributed by atoms with E-state index in [1.165, 1.54) is 6.92 Å². The molecule has 1 heterocycles. The lowest BCUT2D eigenvalue weighted by atomic mass is 9.98. The number of H-pyrrole nitrogens is 1. The summed E-state index contributed by atoms with van der Waals surface area (Å²) in [6.45, 7) is 1.32. The van der Waals surface area contributed by atoms with E-state index in [0.717, 1.165) is 22.3 Å². The SMILES string of the molecule is C[C@@H](O)[C@H](NC(=O)c1nc(NC(=O)OCC2c3ccccc3-c3ccccc32)n[nH]1)C(=O)O. The number of anilines is 1. The molecule has 3 aromatic rings. The first-order valence-corrected chi connectivity index (χ1v) is 10.1. The van der Waals surface area contributed by atoms with Crippen molar-refractivity contribution in [2.75, 3.05) is 11.9 Å². The summed E-state index contributed by atoms with van der Waals surface area (Å²) < 4.78 is 5.39. The van der Waals surface area contributed by atoms with E-state index in [9.17, 15) is 19.5 Å². The molecule has 0 bridgehead atoms. The van der Waals surface area contributed by atoms with Crippen LogP contribution in [0.1, 0.15) is 34.6 Å². The molecule has 2 atom stereocenters. The highest BCUT2D eigenvalue weighted by Crippen LogP contribution is 2.44. The van der Waals surface area contributed by atoms with Crippen LogP contribution in [-0.4, -0.2) is 62.1 Å². The van der Waals surface area contributed by atoms with Crippen LogP contribution >= 0.6 is 0 Å². The van der Waals surface area contributed by atoms with E-state index in [1.54, 1.807) is 0 Å². The van der Waals surface area contributed by atoms with Crippen molar-refractivity contribution < 1.29 is 29.3 Å². The molecule has 170 valence electrons. The van der Waals surface area contributed by atoms with Crippen molar-refractivity contribution in [2.45, 2.75) is 25.0 Å². The van der Waals surface area contributed by atoms with Gasteiger partial charge >= 0.3 is 12.1 Å². The number of ether oxygens (including phenoxy) is 1. The van der Waals surface area contributed by atoms with Gasteiger partial charge in [-0.05, 0) is 29.2 Å². The number of amides is 2. The fourth-order valence-corrected chi connectivity index (χ4v) is 3.74. The van der Waals surface area contributed by atoms with E-state index >= 15 is 0 Å². The van der Waals surface area contributed by atoms with Crippen molar-refractivity contribution in [2.24, 2.45) is 0 Å². The van der Waals surface area contributed by atoms with Crippen LogP contribution in [0.3, 0.4) is 0 Å². The summed E-state index contributed by atoms with van der Waals surface area (Å²) in [4.78, 5) is 39.3. The first-order chi connectivity index (χ1) is 15.8. The molecule has 0 saturated heterocycles. The maximum atomic E-state index is 12.3. The third kappa shape index (κ3) is 4.53. The van der Waals surface area contributed by atoms with Gasteiger partial charge in [0.05, 0.1) is 6.10 Å². The Morgan fingerprint density at radius 2 is 1.70 bits per heavy atom. The molecule has 4 rings (SSSR count). The van der Waals surface area contributed by atoms with Gasteiger partial charge in [0.2, 0.25) is 5.82 Å². The fourth-order valence-electron chi connectivity index (χ4n) is 3.74. The third-order valence-electron chi connectivity index (χ3n) is 5.29. The number of carboxylic acids is 1. The number of carboxylic acid groups (broad SMARTS) is 1. The molecule has 0 spiro atoms. The first-order valence-electron chi connectivity index (χ1n) is 10.1. The summed E-state index contributed by atoms with van der Waals surface area (Å²) >= 11 is 0. The second-order valence-corrected chi connectivity index (χ2v) is 7.49. The van der Waals surface area contributed by atoms with Crippen molar-refractivity contribution in [1.82, 2.24) is 20.5 Å². The Balaban J connectivity index is 1.37. The average molecular weight is 451 g/mol. The minimum Gasteiger partial charge on any atom is -0.480 e. The number of nitrogens with zero attached hydrogens (tertiary/aromatic N) is 2. The fraction of sp³-hybridized carbons (Fsp3) is 0.227. The van der Waals surface area contributed by atoms with Gasteiger partial charge in [0.1, 0.15) is 6.61 Å². The maximum Gasteiger partial charge on any atom is 0.414 e. The van der Waals surface area contributed by atoms with Crippen molar-refractivity contribution in [3.05, 3.63) is 65.5 Å². The molecule has 2 aromatic carbocycles. The van der Waals surface area contributed by atoms with E-state index in [4.69, 9.17) is 9.84 Å². The van der Waals surface area contributed by atoms with Gasteiger partial charge in [0.15, 0.2) is 6.04 Å². The minimum absolute atomic E-state index is 0.0896. The molecular formula is C22H21N5O6. The number of aliphatic hydroxyl groups is 1. The zero-order valence-corrected chi connectivity index (χ0v) is 17.5. The number of carbonyl (C=O) groups is 3. The van der Waals surface area contributed by atoms with E-state index in [0.29, 0.717) is 0 Å². The number of aliphatic hydroxyl groups excluding tert-OH is 1. The summed E-state index contributed by atoms with van der Waals surface area (Å²) in [6.07, 6.45) is -2.14. The van der Waals surface area contributed by atoms with Crippen LogP contribution in [0.5, 0.6) is 0 Å². The van der Waals surface area contributed by atoms with Gasteiger partial charge in [-0.15, -0.1) is 5.10 Å². The van der Waals surface area contributed by atoms with Crippen molar-refractivity contribution in [1.29, 1.82) is 0 Å². The highest BCUT2D eigenvalue weighted by atomic mass is 16.5. The Hall–Kier alpha value is -4.25. The van der Waals surface area contributed by atoms with Gasteiger partial charge in [-0.25, -0.2) is 9.59 Å². The number of carbonyl (C=O) groups excluding carboxylic acids is 2. The zero-order chi connectivity index (χ0) is 23.5. The molecule has 33 heavy (non-hydrogen) atoms. The molecule has 0 aliphatic heterocycles. The van der Waals surface area contributed by atoms with Crippen molar-refractivity contribution in [3.63, 3.8) is 0 Å². The van der Waals surface area contributed by atoms with E-state index < -0.39 is 30.1 Å². The summed E-state index contributed by atoms with van der Waals surface area (Å²) in [7, 11) is 0. The molecular weight excluding hydrogens is 430 g/mol. The van der Waals surface area contributed by atoms with Crippen LogP contribution in [0, 0.1) is 0 Å². The molecule has 5 N–H and O–H groups in total. The predicted molar refractivity (Wildman–Crippen MR) is 116 cm³/mol. The molecule has 0 fully saturated rings. The maximum absolute atomic E-state index is 12.3. The van der Waals surface area contributed by atoms with E-state index in [-0.39, 0.29) is 24.3 Å². The van der Waals surface area contributed by atoms with Gasteiger partial charge < -0.3 is 20.3 Å². The number of aliphatic carboxylic acids is 1. The summed E-state index contributed by atoms with van der Waals surface area (Å²) in [6, 6.07) is 14.3. The molecule has 0 radical (unpaired) electrons. The van der Waals surface area contributed by atoms with Crippen molar-refractivity contribution in [3.8, 4) is 11.1 Å². The normalized spacial score (nSPS) is 14.0. The largest absolute Gasteiger partial charge is 0.480 e. The molecule has 11 heteroatoms. The summed E-state index contributed by atoms with van der Waals surface area (Å²) in [5, 5.41) is 28.9. The smallest absolute Gasteiger partial charge is 0.414 e. The van der Waals surface area contributed by atoms with Gasteiger partial charge in [-0.1, -0.05) is 48.5 Å². The van der Waals surface area contributed by atoms with Crippen LogP contribution < -0.4 is 10.6 Å². The van der Waals surface area contributed by atoms with Crippen LogP contribution in [0.15, 0.2) is 48.5 Å². The molecule has 1 aliphatic carbocycles. The van der Waals surface area contributed by atoms with Crippen molar-refractivity contribution >= 4 is 23.9 Å². The van der Waals surface area contributed by atoms with Gasteiger partial charge in [0.25, 0.3) is 11.9 Å². The lowest BCUT2D eigenvalue weighted by Crippen LogP contribution is -2.47. The Bertz CT molecular complexity index is 1160. The monoisotopic (exact) mass is 451 g/mol. The number of hydrogen-bond acceptors (Lipinski definition) is 7. The third-order valence-corrected chi connectivity index (χ3v) is 5.29. The highest BCUT2D eigenvalue weighted by molar-refractivity contribution is 5.94. The lowest BCUT2D eigenvalue weighted by Gasteiger charge is -2.15. The first kappa shape index (κ1) is 22.0. The lowest BCUT2D eigenvalue weighted by molar-refractivity contribution is -0.141. The van der Waals surface area contributed by atoms with Crippen LogP contribution in [0.2, 0.25) is 0 Å². The Morgan fingerprint density at radius 3 is 2.27 bits per heavy atom. The predicted octanol–water partition coefficient (Wildman–Crippen LogP) is 1.73. The molecule has 11 nitrogen and oxygen atoms in total. The molecule has 1 aromatic heterocycles. The quantitative estimate of drug-likeness (QED) is 0.362. The number of hydrogen-bond donors (Lipinski definition) is 5. The number of fused-ring (bicyclic) bond motifs is 3. The number of rotatable bonds is 7. The van der Waals surface area contributed by atoms with Crippen LogP contribution in [0.25, 0.3) is 11.1 Å². The molecule has 1 aliphatic rings. The Kier molecular flexibility index (Phi) is 6.05. The number of nitrogens with one attached hydrogen (secondary N) is 3. The average Bonchev–Trinajstić information content (AvgIpc) is 3.38. The molecule has 0 saturated carbocycles. The summed E-state index contributed by atoms with van der Waals surface area (Å²) in [5.41, 5.74) is 4.33. The minimum atomic E-state index is -1.53. The standard InChI is InChI=1S/C22H21N5O6/c1-11(28)17(20(30)31)23-19(29)18-24-21(27-26-18)25-22(32)33-10-16-14-8-4-2-6-12(14)13-7-3-5-9-15(13)16/h2-9,11,16-17,28H,10H2,1H3,(H,23,29)(H,30,31)(H2,24,25,26,27,32)/t11-,17+/m1/s1.